The maximum absolute atomic E-state index is 12.2. The summed E-state index contributed by atoms with van der Waals surface area (Å²) in [5.74, 6) is -0.250. The van der Waals surface area contributed by atoms with Crippen molar-refractivity contribution in [3.63, 3.8) is 0 Å². The average Bonchev–Trinajstić information content (AvgIpc) is 2.39. The molecule has 0 amide bonds. The number of nitrogens with zero attached hydrogens (tertiary/aromatic N) is 1. The first-order valence-corrected chi connectivity index (χ1v) is 6.21. The Morgan fingerprint density at radius 2 is 1.50 bits per heavy atom. The van der Waals surface area contributed by atoms with Gasteiger partial charge in [0.2, 0.25) is 0 Å². The molecule has 2 rings (SSSR count). The lowest BCUT2D eigenvalue weighted by atomic mass is 10.0. The maximum atomic E-state index is 12.2. The Morgan fingerprint density at radius 1 is 0.889 bits per heavy atom. The summed E-state index contributed by atoms with van der Waals surface area (Å²) in [6, 6.07) is 15.0. The van der Waals surface area contributed by atoms with Crippen LogP contribution >= 0.6 is 0 Å². The van der Waals surface area contributed by atoms with Crippen LogP contribution in [0, 0.1) is 0 Å². The van der Waals surface area contributed by atoms with Crippen molar-refractivity contribution in [3.8, 4) is 0 Å². The van der Waals surface area contributed by atoms with Crippen molar-refractivity contribution in [3.05, 3.63) is 65.7 Å². The predicted octanol–water partition coefficient (Wildman–Crippen LogP) is 2.61. The third kappa shape index (κ3) is 2.70. The summed E-state index contributed by atoms with van der Waals surface area (Å²) in [5.41, 5.74) is 0.921. The van der Waals surface area contributed by atoms with Gasteiger partial charge in [0.15, 0.2) is 5.78 Å². The molecule has 90 valence electrons. The molecule has 0 radical (unpaired) electrons. The highest BCUT2D eigenvalue weighted by molar-refractivity contribution is 7.61. The van der Waals surface area contributed by atoms with Crippen LogP contribution in [0.4, 0.5) is 5.69 Å². The van der Waals surface area contributed by atoms with Crippen molar-refractivity contribution in [2.24, 2.45) is 4.36 Å². The third-order valence-corrected chi connectivity index (χ3v) is 2.70. The summed E-state index contributed by atoms with van der Waals surface area (Å²) < 4.78 is 24.6. The second kappa shape index (κ2) is 5.37. The van der Waals surface area contributed by atoms with Crippen molar-refractivity contribution < 1.29 is 13.2 Å². The fourth-order valence-corrected chi connectivity index (χ4v) is 1.89. The van der Waals surface area contributed by atoms with E-state index in [4.69, 9.17) is 0 Å². The summed E-state index contributed by atoms with van der Waals surface area (Å²) in [4.78, 5) is 12.2. The maximum Gasteiger partial charge on any atom is 0.316 e. The van der Waals surface area contributed by atoms with E-state index in [9.17, 15) is 13.2 Å². The molecular formula is C13H9NO3S. The smallest absolute Gasteiger partial charge is 0.289 e. The minimum atomic E-state index is -2.58. The van der Waals surface area contributed by atoms with Gasteiger partial charge in [-0.15, -0.1) is 4.36 Å². The van der Waals surface area contributed by atoms with Gasteiger partial charge in [0.05, 0.1) is 5.69 Å². The molecule has 0 saturated carbocycles. The minimum absolute atomic E-state index is 0.152. The van der Waals surface area contributed by atoms with Gasteiger partial charge >= 0.3 is 10.5 Å². The number of hydrogen-bond acceptors (Lipinski definition) is 4. The predicted molar refractivity (Wildman–Crippen MR) is 67.3 cm³/mol. The number of carbonyl (C=O) groups is 1. The molecule has 0 fully saturated rings. The molecule has 5 heteroatoms. The molecule has 0 unspecified atom stereocenters. The first-order valence-electron chi connectivity index (χ1n) is 5.18. The SMILES string of the molecule is O=C(c1ccccc1)c1ccccc1N=S(=O)=O. The van der Waals surface area contributed by atoms with E-state index < -0.39 is 10.5 Å². The zero-order valence-corrected chi connectivity index (χ0v) is 10.1. The Morgan fingerprint density at radius 3 is 2.17 bits per heavy atom. The third-order valence-electron chi connectivity index (χ3n) is 2.36. The lowest BCUT2D eigenvalue weighted by molar-refractivity contribution is 0.103. The van der Waals surface area contributed by atoms with Gasteiger partial charge in [-0.2, -0.15) is 8.42 Å². The molecule has 0 atom stereocenters. The van der Waals surface area contributed by atoms with Gasteiger partial charge in [0.25, 0.3) is 0 Å². The highest BCUT2D eigenvalue weighted by Crippen LogP contribution is 2.21. The summed E-state index contributed by atoms with van der Waals surface area (Å²) in [6.07, 6.45) is 0. The van der Waals surface area contributed by atoms with Gasteiger partial charge in [-0.1, -0.05) is 42.5 Å². The van der Waals surface area contributed by atoms with Crippen LogP contribution in [-0.4, -0.2) is 14.2 Å². The standard InChI is InChI=1S/C13H9NO3S/c15-13(10-6-2-1-3-7-10)11-8-4-5-9-12(11)14-18(16)17/h1-9H. The molecule has 0 bridgehead atoms. The molecule has 2 aromatic carbocycles. The van der Waals surface area contributed by atoms with Crippen LogP contribution in [0.3, 0.4) is 0 Å². The monoisotopic (exact) mass is 259 g/mol. The van der Waals surface area contributed by atoms with E-state index in [0.29, 0.717) is 5.56 Å². The van der Waals surface area contributed by atoms with E-state index in [1.165, 1.54) is 6.07 Å². The first kappa shape index (κ1) is 12.2. The molecule has 2 aromatic rings. The molecule has 4 nitrogen and oxygen atoms in total. The molecule has 0 N–H and O–H groups in total. The van der Waals surface area contributed by atoms with Crippen molar-refractivity contribution in [2.45, 2.75) is 0 Å². The topological polar surface area (TPSA) is 63.6 Å². The molecule has 18 heavy (non-hydrogen) atoms. The molecule has 0 saturated heterocycles. The number of benzene rings is 2. The van der Waals surface area contributed by atoms with Gasteiger partial charge in [-0.05, 0) is 12.1 Å². The highest BCUT2D eigenvalue weighted by Gasteiger charge is 2.12. The van der Waals surface area contributed by atoms with E-state index in [1.54, 1.807) is 48.5 Å². The van der Waals surface area contributed by atoms with Gasteiger partial charge in [-0.3, -0.25) is 4.79 Å². The zero-order valence-electron chi connectivity index (χ0n) is 9.28. The van der Waals surface area contributed by atoms with E-state index in [1.807, 2.05) is 0 Å². The van der Waals surface area contributed by atoms with Crippen LogP contribution in [0.1, 0.15) is 15.9 Å². The Labute approximate surface area is 106 Å². The van der Waals surface area contributed by atoms with Gasteiger partial charge < -0.3 is 0 Å². The average molecular weight is 259 g/mol. The van der Waals surface area contributed by atoms with Crippen LogP contribution in [0.5, 0.6) is 0 Å². The van der Waals surface area contributed by atoms with Gasteiger partial charge in [0.1, 0.15) is 0 Å². The normalized spacial score (nSPS) is 9.78. The molecule has 0 spiro atoms. The molecule has 0 aliphatic rings. The molecule has 0 aliphatic carbocycles. The van der Waals surface area contributed by atoms with Crippen LogP contribution < -0.4 is 0 Å². The van der Waals surface area contributed by atoms with Crippen molar-refractivity contribution in [1.82, 2.24) is 0 Å². The second-order valence-electron chi connectivity index (χ2n) is 3.52. The highest BCUT2D eigenvalue weighted by atomic mass is 32.2. The molecule has 0 aliphatic heterocycles. The summed E-state index contributed by atoms with van der Waals surface area (Å²) in [6.45, 7) is 0. The van der Waals surface area contributed by atoms with E-state index in [0.717, 1.165) is 0 Å². The number of hydrogen-bond donors (Lipinski definition) is 0. The largest absolute Gasteiger partial charge is 0.316 e. The van der Waals surface area contributed by atoms with E-state index >= 15 is 0 Å². The number of ketones is 1. The molecular weight excluding hydrogens is 250 g/mol. The molecule has 0 heterocycles. The Bertz CT molecular complexity index is 698. The second-order valence-corrected chi connectivity index (χ2v) is 4.14. The zero-order chi connectivity index (χ0) is 13.0. The first-order chi connectivity index (χ1) is 8.68. The quantitative estimate of drug-likeness (QED) is 0.796. The van der Waals surface area contributed by atoms with Gasteiger partial charge in [-0.25, -0.2) is 0 Å². The molecule has 0 aromatic heterocycles. The Hall–Kier alpha value is -2.27. The summed E-state index contributed by atoms with van der Waals surface area (Å²) in [7, 11) is -2.58. The number of rotatable bonds is 3. The lowest BCUT2D eigenvalue weighted by Crippen LogP contribution is -2.00. The fourth-order valence-electron chi connectivity index (χ4n) is 1.57. The summed E-state index contributed by atoms with van der Waals surface area (Å²) in [5, 5.41) is 0. The van der Waals surface area contributed by atoms with Crippen molar-refractivity contribution in [1.29, 1.82) is 0 Å². The lowest BCUT2D eigenvalue weighted by Gasteiger charge is -2.02. The van der Waals surface area contributed by atoms with Crippen LogP contribution in [0.2, 0.25) is 0 Å². The minimum Gasteiger partial charge on any atom is -0.289 e. The Balaban J connectivity index is 2.53. The van der Waals surface area contributed by atoms with Gasteiger partial charge in [0, 0.05) is 11.1 Å². The van der Waals surface area contributed by atoms with E-state index in [2.05, 4.69) is 4.36 Å². The number of carbonyl (C=O) groups excluding carboxylic acids is 1. The van der Waals surface area contributed by atoms with E-state index in [-0.39, 0.29) is 17.0 Å². The van der Waals surface area contributed by atoms with Crippen LogP contribution in [-0.2, 0) is 10.5 Å². The fraction of sp³-hybridized carbons (Fsp3) is 0. The Kier molecular flexibility index (Phi) is 3.64. The van der Waals surface area contributed by atoms with Crippen molar-refractivity contribution >= 4 is 22.0 Å². The van der Waals surface area contributed by atoms with Crippen LogP contribution in [0.15, 0.2) is 59.0 Å². The van der Waals surface area contributed by atoms with Crippen molar-refractivity contribution in [2.75, 3.05) is 0 Å². The van der Waals surface area contributed by atoms with Crippen LogP contribution in [0.25, 0.3) is 0 Å². The summed E-state index contributed by atoms with van der Waals surface area (Å²) >= 11 is 0.